The summed E-state index contributed by atoms with van der Waals surface area (Å²) in [5, 5.41) is 6.22. The first-order chi connectivity index (χ1) is 13.1. The number of urea groups is 1. The summed E-state index contributed by atoms with van der Waals surface area (Å²) in [4.78, 5) is 15.1. The smallest absolute Gasteiger partial charge is 0.319 e. The van der Waals surface area contributed by atoms with Gasteiger partial charge in [0.25, 0.3) is 0 Å². The van der Waals surface area contributed by atoms with E-state index in [4.69, 9.17) is 4.42 Å². The summed E-state index contributed by atoms with van der Waals surface area (Å²) >= 11 is 0. The van der Waals surface area contributed by atoms with E-state index in [-0.39, 0.29) is 12.1 Å². The van der Waals surface area contributed by atoms with Crippen LogP contribution in [0.2, 0.25) is 0 Å². The standard InChI is InChI=1S/C22H29N3O2/c1-15-9-16(2)11-17(10-15)23-22(26)24-18-12-19-5-3-6-20(13-18)25(19)14-21-7-4-8-27-21/h4,7-11,18-20H,3,5-6,12-14H2,1-2H3,(H2,23,24,26). The quantitative estimate of drug-likeness (QED) is 0.830. The van der Waals surface area contributed by atoms with E-state index in [1.807, 2.05) is 32.0 Å². The monoisotopic (exact) mass is 367 g/mol. The second-order valence-corrected chi connectivity index (χ2v) is 8.13. The molecule has 1 aromatic heterocycles. The summed E-state index contributed by atoms with van der Waals surface area (Å²) in [6.45, 7) is 4.97. The number of piperidine rings is 2. The Hall–Kier alpha value is -2.27. The third-order valence-corrected chi connectivity index (χ3v) is 5.86. The second kappa shape index (κ2) is 7.77. The third kappa shape index (κ3) is 4.35. The Morgan fingerprint density at radius 2 is 1.85 bits per heavy atom. The number of nitrogens with one attached hydrogen (secondary N) is 2. The minimum Gasteiger partial charge on any atom is -0.468 e. The van der Waals surface area contributed by atoms with Gasteiger partial charge in [0, 0.05) is 23.8 Å². The molecule has 2 N–H and O–H groups in total. The number of fused-ring (bicyclic) bond motifs is 2. The number of carbonyl (C=O) groups is 1. The Morgan fingerprint density at radius 3 is 2.48 bits per heavy atom. The molecule has 0 spiro atoms. The van der Waals surface area contributed by atoms with E-state index in [2.05, 4.69) is 27.7 Å². The summed E-state index contributed by atoms with van der Waals surface area (Å²) in [5.74, 6) is 1.03. The molecule has 2 atom stereocenters. The van der Waals surface area contributed by atoms with Gasteiger partial charge >= 0.3 is 6.03 Å². The number of anilines is 1. The van der Waals surface area contributed by atoms with Crippen molar-refractivity contribution in [2.24, 2.45) is 0 Å². The van der Waals surface area contributed by atoms with Crippen molar-refractivity contribution in [3.63, 3.8) is 0 Å². The van der Waals surface area contributed by atoms with Crippen LogP contribution >= 0.6 is 0 Å². The first-order valence-corrected chi connectivity index (χ1v) is 10.0. The van der Waals surface area contributed by atoms with E-state index in [0.717, 1.165) is 42.0 Å². The molecule has 2 fully saturated rings. The summed E-state index contributed by atoms with van der Waals surface area (Å²) in [5.41, 5.74) is 3.18. The molecule has 5 nitrogen and oxygen atoms in total. The Labute approximate surface area is 161 Å². The molecular weight excluding hydrogens is 338 g/mol. The molecule has 4 rings (SSSR count). The van der Waals surface area contributed by atoms with Crippen molar-refractivity contribution in [3.05, 3.63) is 53.5 Å². The maximum absolute atomic E-state index is 12.5. The van der Waals surface area contributed by atoms with E-state index in [1.54, 1.807) is 6.26 Å². The lowest BCUT2D eigenvalue weighted by atomic mass is 9.81. The number of hydrogen-bond donors (Lipinski definition) is 2. The summed E-state index contributed by atoms with van der Waals surface area (Å²) in [7, 11) is 0. The van der Waals surface area contributed by atoms with Crippen LogP contribution in [0.25, 0.3) is 0 Å². The van der Waals surface area contributed by atoms with Crippen molar-refractivity contribution in [3.8, 4) is 0 Å². The van der Waals surface area contributed by atoms with Crippen molar-refractivity contribution in [1.82, 2.24) is 10.2 Å². The van der Waals surface area contributed by atoms with Gasteiger partial charge in [0.2, 0.25) is 0 Å². The molecule has 3 heterocycles. The van der Waals surface area contributed by atoms with Gasteiger partial charge in [-0.2, -0.15) is 0 Å². The van der Waals surface area contributed by atoms with E-state index in [1.165, 1.54) is 19.3 Å². The molecule has 2 saturated heterocycles. The van der Waals surface area contributed by atoms with Crippen molar-refractivity contribution in [1.29, 1.82) is 0 Å². The molecule has 2 bridgehead atoms. The van der Waals surface area contributed by atoms with Crippen LogP contribution in [0.4, 0.5) is 10.5 Å². The van der Waals surface area contributed by atoms with Gasteiger partial charge in [0.1, 0.15) is 5.76 Å². The fraction of sp³-hybridized carbons (Fsp3) is 0.500. The zero-order valence-electron chi connectivity index (χ0n) is 16.2. The molecule has 2 unspecified atom stereocenters. The number of amides is 2. The Balaban J connectivity index is 1.36. The van der Waals surface area contributed by atoms with Crippen molar-refractivity contribution in [2.45, 2.75) is 70.6 Å². The molecule has 0 radical (unpaired) electrons. The lowest BCUT2D eigenvalue weighted by molar-refractivity contribution is 0.0150. The first kappa shape index (κ1) is 18.1. The Kier molecular flexibility index (Phi) is 5.21. The zero-order chi connectivity index (χ0) is 18.8. The minimum absolute atomic E-state index is 0.0949. The highest BCUT2D eigenvalue weighted by Crippen LogP contribution is 2.35. The van der Waals surface area contributed by atoms with Crippen LogP contribution < -0.4 is 10.6 Å². The fourth-order valence-corrected chi connectivity index (χ4v) is 4.84. The van der Waals surface area contributed by atoms with Crippen LogP contribution in [0, 0.1) is 13.8 Å². The number of nitrogens with zero attached hydrogens (tertiary/aromatic N) is 1. The van der Waals surface area contributed by atoms with Gasteiger partial charge in [-0.1, -0.05) is 12.5 Å². The van der Waals surface area contributed by atoms with E-state index in [9.17, 15) is 4.79 Å². The number of rotatable bonds is 4. The van der Waals surface area contributed by atoms with Crippen LogP contribution in [0.5, 0.6) is 0 Å². The highest BCUT2D eigenvalue weighted by Gasteiger charge is 2.38. The van der Waals surface area contributed by atoms with Gasteiger partial charge in [-0.05, 0) is 74.9 Å². The lowest BCUT2D eigenvalue weighted by Crippen LogP contribution is -2.56. The third-order valence-electron chi connectivity index (χ3n) is 5.86. The van der Waals surface area contributed by atoms with Crippen molar-refractivity contribution in [2.75, 3.05) is 5.32 Å². The Bertz CT molecular complexity index is 753. The van der Waals surface area contributed by atoms with E-state index in [0.29, 0.717) is 12.1 Å². The van der Waals surface area contributed by atoms with Crippen molar-refractivity contribution < 1.29 is 9.21 Å². The highest BCUT2D eigenvalue weighted by atomic mass is 16.3. The molecule has 2 aliphatic rings. The van der Waals surface area contributed by atoms with Crippen LogP contribution in [0.1, 0.15) is 49.0 Å². The molecule has 27 heavy (non-hydrogen) atoms. The molecule has 0 aliphatic carbocycles. The largest absolute Gasteiger partial charge is 0.468 e. The van der Waals surface area contributed by atoms with E-state index >= 15 is 0 Å². The number of furan rings is 1. The van der Waals surface area contributed by atoms with Crippen LogP contribution in [-0.4, -0.2) is 29.1 Å². The molecule has 0 saturated carbocycles. The molecule has 2 aliphatic heterocycles. The molecule has 144 valence electrons. The van der Waals surface area contributed by atoms with Gasteiger partial charge in [-0.15, -0.1) is 0 Å². The van der Waals surface area contributed by atoms with Crippen LogP contribution in [0.15, 0.2) is 41.0 Å². The average molecular weight is 367 g/mol. The second-order valence-electron chi connectivity index (χ2n) is 8.13. The van der Waals surface area contributed by atoms with Crippen LogP contribution in [0.3, 0.4) is 0 Å². The number of aryl methyl sites for hydroxylation is 2. The number of hydrogen-bond acceptors (Lipinski definition) is 3. The topological polar surface area (TPSA) is 57.5 Å². The lowest BCUT2D eigenvalue weighted by Gasteiger charge is -2.48. The summed E-state index contributed by atoms with van der Waals surface area (Å²) < 4.78 is 5.56. The SMILES string of the molecule is Cc1cc(C)cc(NC(=O)NC2CC3CCCC(C2)N3Cc2ccco2)c1. The normalized spacial score (nSPS) is 25.2. The first-order valence-electron chi connectivity index (χ1n) is 10.0. The highest BCUT2D eigenvalue weighted by molar-refractivity contribution is 5.89. The van der Waals surface area contributed by atoms with Gasteiger partial charge in [-0.25, -0.2) is 4.79 Å². The van der Waals surface area contributed by atoms with Gasteiger partial charge in [0.15, 0.2) is 0 Å². The molecule has 2 amide bonds. The number of carbonyl (C=O) groups excluding carboxylic acids is 1. The van der Waals surface area contributed by atoms with Gasteiger partial charge in [-0.3, -0.25) is 4.90 Å². The predicted molar refractivity (Wildman–Crippen MR) is 107 cm³/mol. The predicted octanol–water partition coefficient (Wildman–Crippen LogP) is 4.60. The molecule has 2 aromatic rings. The van der Waals surface area contributed by atoms with E-state index < -0.39 is 0 Å². The summed E-state index contributed by atoms with van der Waals surface area (Å²) in [6.07, 6.45) is 7.46. The van der Waals surface area contributed by atoms with Gasteiger partial charge < -0.3 is 15.1 Å². The minimum atomic E-state index is -0.0949. The maximum atomic E-state index is 12.5. The number of benzene rings is 1. The van der Waals surface area contributed by atoms with Crippen LogP contribution in [-0.2, 0) is 6.54 Å². The molecule has 1 aromatic carbocycles. The molecular formula is C22H29N3O2. The maximum Gasteiger partial charge on any atom is 0.319 e. The Morgan fingerprint density at radius 1 is 1.15 bits per heavy atom. The fourth-order valence-electron chi connectivity index (χ4n) is 4.84. The van der Waals surface area contributed by atoms with Gasteiger partial charge in [0.05, 0.1) is 12.8 Å². The molecule has 5 heteroatoms. The average Bonchev–Trinajstić information content (AvgIpc) is 3.07. The zero-order valence-corrected chi connectivity index (χ0v) is 16.2. The van der Waals surface area contributed by atoms with Crippen molar-refractivity contribution >= 4 is 11.7 Å². The summed E-state index contributed by atoms with van der Waals surface area (Å²) in [6, 6.07) is 11.3.